The van der Waals surface area contributed by atoms with E-state index in [1.807, 2.05) is 0 Å². The minimum atomic E-state index is 1.16. The van der Waals surface area contributed by atoms with Crippen LogP contribution < -0.4 is 0 Å². The maximum absolute atomic E-state index is 2.45. The van der Waals surface area contributed by atoms with E-state index in [1.54, 1.807) is 0 Å². The maximum atomic E-state index is 2.45. The molecule has 0 aliphatic carbocycles. The highest BCUT2D eigenvalue weighted by molar-refractivity contribution is 6.28. The van der Waals surface area contributed by atoms with Crippen LogP contribution in [0.1, 0.15) is 16.7 Å². The first-order valence-corrected chi connectivity index (χ1v) is 17.5. The molecule has 0 aliphatic heterocycles. The van der Waals surface area contributed by atoms with E-state index in [0.717, 1.165) is 5.69 Å². The molecule has 0 saturated carbocycles. The van der Waals surface area contributed by atoms with Gasteiger partial charge >= 0.3 is 0 Å². The first-order chi connectivity index (χ1) is 24.6. The molecule has 0 aliphatic rings. The SMILES string of the molecule is Cc1cc(C)c(-c2c3ccccc3c(-c3ccc(-n4c5ccc6ccccc6c5c5c6ccccc6ccc54)cc3)c3ccccc23)c(C)c1. The molecule has 1 nitrogen and oxygen atoms in total. The summed E-state index contributed by atoms with van der Waals surface area (Å²) in [6.07, 6.45) is 0. The largest absolute Gasteiger partial charge is 0.309 e. The van der Waals surface area contributed by atoms with Crippen LogP contribution >= 0.6 is 0 Å². The van der Waals surface area contributed by atoms with E-state index in [0.29, 0.717) is 0 Å². The predicted octanol–water partition coefficient (Wildman–Crippen LogP) is 13.7. The number of aryl methyl sites for hydroxylation is 3. The van der Waals surface area contributed by atoms with Gasteiger partial charge in [-0.05, 0) is 122 Å². The second kappa shape index (κ2) is 10.9. The van der Waals surface area contributed by atoms with E-state index in [1.165, 1.54) is 104 Å². The summed E-state index contributed by atoms with van der Waals surface area (Å²) in [7, 11) is 0. The molecule has 236 valence electrons. The number of nitrogens with zero attached hydrogens (tertiary/aromatic N) is 1. The van der Waals surface area contributed by atoms with Gasteiger partial charge < -0.3 is 4.57 Å². The number of rotatable bonds is 3. The van der Waals surface area contributed by atoms with E-state index >= 15 is 0 Å². The van der Waals surface area contributed by atoms with Gasteiger partial charge in [0.2, 0.25) is 0 Å². The van der Waals surface area contributed by atoms with Crippen molar-refractivity contribution in [3.8, 4) is 27.9 Å². The van der Waals surface area contributed by atoms with Crippen LogP contribution in [-0.4, -0.2) is 4.57 Å². The van der Waals surface area contributed by atoms with Gasteiger partial charge in [-0.15, -0.1) is 0 Å². The molecule has 0 saturated heterocycles. The second-order valence-corrected chi connectivity index (χ2v) is 13.9. The fraction of sp³-hybridized carbons (Fsp3) is 0.0612. The fourth-order valence-corrected chi connectivity index (χ4v) is 8.89. The highest BCUT2D eigenvalue weighted by atomic mass is 15.0. The molecule has 9 aromatic carbocycles. The Kier molecular flexibility index (Phi) is 6.29. The molecule has 10 aromatic rings. The van der Waals surface area contributed by atoms with Crippen LogP contribution in [0.4, 0.5) is 0 Å². The predicted molar refractivity (Wildman–Crippen MR) is 216 cm³/mol. The van der Waals surface area contributed by atoms with Crippen LogP contribution in [0.25, 0.3) is 92.8 Å². The lowest BCUT2D eigenvalue weighted by Crippen LogP contribution is -1.96. The van der Waals surface area contributed by atoms with Gasteiger partial charge in [-0.3, -0.25) is 0 Å². The molecule has 0 fully saturated rings. The highest BCUT2D eigenvalue weighted by Gasteiger charge is 2.20. The first kappa shape index (κ1) is 28.8. The Morgan fingerprint density at radius 1 is 0.360 bits per heavy atom. The van der Waals surface area contributed by atoms with Crippen molar-refractivity contribution in [2.75, 3.05) is 0 Å². The molecule has 0 radical (unpaired) electrons. The molecule has 50 heavy (non-hydrogen) atoms. The van der Waals surface area contributed by atoms with Crippen molar-refractivity contribution in [2.45, 2.75) is 20.8 Å². The van der Waals surface area contributed by atoms with E-state index in [9.17, 15) is 0 Å². The number of aromatic nitrogens is 1. The number of hydrogen-bond acceptors (Lipinski definition) is 0. The summed E-state index contributed by atoms with van der Waals surface area (Å²) in [5.41, 5.74) is 12.7. The van der Waals surface area contributed by atoms with Gasteiger partial charge in [-0.1, -0.05) is 139 Å². The molecular formula is C49H35N. The molecule has 0 N–H and O–H groups in total. The lowest BCUT2D eigenvalue weighted by molar-refractivity contribution is 1.18. The third-order valence-corrected chi connectivity index (χ3v) is 10.8. The second-order valence-electron chi connectivity index (χ2n) is 13.9. The molecule has 0 spiro atoms. The summed E-state index contributed by atoms with van der Waals surface area (Å²) in [4.78, 5) is 0. The molecular weight excluding hydrogens is 603 g/mol. The van der Waals surface area contributed by atoms with Crippen LogP contribution in [0.2, 0.25) is 0 Å². The van der Waals surface area contributed by atoms with E-state index < -0.39 is 0 Å². The molecule has 1 heterocycles. The number of hydrogen-bond donors (Lipinski definition) is 0. The van der Waals surface area contributed by atoms with Crippen LogP contribution in [0.15, 0.2) is 158 Å². The average Bonchev–Trinajstić information content (AvgIpc) is 3.50. The highest BCUT2D eigenvalue weighted by Crippen LogP contribution is 2.46. The Hall–Kier alpha value is -6.18. The summed E-state index contributed by atoms with van der Waals surface area (Å²) in [6, 6.07) is 58.5. The zero-order chi connectivity index (χ0) is 33.5. The monoisotopic (exact) mass is 637 g/mol. The van der Waals surface area contributed by atoms with Gasteiger partial charge in [0.15, 0.2) is 0 Å². The lowest BCUT2D eigenvalue weighted by atomic mass is 9.83. The van der Waals surface area contributed by atoms with Gasteiger partial charge in [0.05, 0.1) is 11.0 Å². The molecule has 0 amide bonds. The molecule has 10 rings (SSSR count). The first-order valence-electron chi connectivity index (χ1n) is 17.5. The zero-order valence-electron chi connectivity index (χ0n) is 28.5. The van der Waals surface area contributed by atoms with Crippen LogP contribution in [0.5, 0.6) is 0 Å². The summed E-state index contributed by atoms with van der Waals surface area (Å²) < 4.78 is 2.45. The normalized spacial score (nSPS) is 11.9. The van der Waals surface area contributed by atoms with Crippen molar-refractivity contribution >= 4 is 64.9 Å². The molecule has 0 unspecified atom stereocenters. The Morgan fingerprint density at radius 2 is 0.780 bits per heavy atom. The minimum Gasteiger partial charge on any atom is -0.309 e. The fourth-order valence-electron chi connectivity index (χ4n) is 8.89. The maximum Gasteiger partial charge on any atom is 0.0547 e. The quantitative estimate of drug-likeness (QED) is 0.170. The van der Waals surface area contributed by atoms with Crippen molar-refractivity contribution < 1.29 is 0 Å². The van der Waals surface area contributed by atoms with Gasteiger partial charge in [0, 0.05) is 16.5 Å². The lowest BCUT2D eigenvalue weighted by Gasteiger charge is -2.20. The smallest absolute Gasteiger partial charge is 0.0547 e. The molecule has 1 aromatic heterocycles. The van der Waals surface area contributed by atoms with E-state index in [2.05, 4.69) is 183 Å². The topological polar surface area (TPSA) is 4.93 Å². The standard InChI is InChI=1S/C49H35N/c1-30-28-31(2)45(32(3)29-30)47-41-18-10-8-16-39(41)46(40-17-9-11-19-42(40)47)35-20-24-36(25-21-35)50-43-26-22-33-12-4-6-14-37(33)48(43)49-38-15-7-5-13-34(38)23-27-44(49)50/h4-29H,1-3H3. The molecule has 1 heteroatoms. The Labute approximate surface area is 291 Å². The van der Waals surface area contributed by atoms with Crippen molar-refractivity contribution in [2.24, 2.45) is 0 Å². The Morgan fingerprint density at radius 3 is 1.26 bits per heavy atom. The van der Waals surface area contributed by atoms with Gasteiger partial charge in [0.1, 0.15) is 0 Å². The summed E-state index contributed by atoms with van der Waals surface area (Å²) in [6.45, 7) is 6.70. The zero-order valence-corrected chi connectivity index (χ0v) is 28.5. The van der Waals surface area contributed by atoms with E-state index in [4.69, 9.17) is 0 Å². The summed E-state index contributed by atoms with van der Waals surface area (Å²) in [5.74, 6) is 0. The summed E-state index contributed by atoms with van der Waals surface area (Å²) in [5, 5.41) is 12.9. The van der Waals surface area contributed by atoms with Gasteiger partial charge in [-0.25, -0.2) is 0 Å². The van der Waals surface area contributed by atoms with Crippen molar-refractivity contribution in [3.05, 3.63) is 174 Å². The number of benzene rings is 9. The van der Waals surface area contributed by atoms with Crippen LogP contribution in [0.3, 0.4) is 0 Å². The van der Waals surface area contributed by atoms with Crippen LogP contribution in [-0.2, 0) is 0 Å². The van der Waals surface area contributed by atoms with Crippen molar-refractivity contribution in [1.29, 1.82) is 0 Å². The minimum absolute atomic E-state index is 1.16. The molecule has 0 atom stereocenters. The summed E-state index contributed by atoms with van der Waals surface area (Å²) >= 11 is 0. The third-order valence-electron chi connectivity index (χ3n) is 10.8. The Balaban J connectivity index is 1.23. The van der Waals surface area contributed by atoms with Gasteiger partial charge in [-0.2, -0.15) is 0 Å². The van der Waals surface area contributed by atoms with E-state index in [-0.39, 0.29) is 0 Å². The van der Waals surface area contributed by atoms with Crippen LogP contribution in [0, 0.1) is 20.8 Å². The van der Waals surface area contributed by atoms with Crippen molar-refractivity contribution in [1.82, 2.24) is 4.57 Å². The molecule has 0 bridgehead atoms. The third kappa shape index (κ3) is 4.13. The Bertz CT molecular complexity index is 2820. The number of fused-ring (bicyclic) bond motifs is 9. The van der Waals surface area contributed by atoms with Gasteiger partial charge in [0.25, 0.3) is 0 Å². The average molecular weight is 638 g/mol. The van der Waals surface area contributed by atoms with Crippen molar-refractivity contribution in [3.63, 3.8) is 0 Å².